The average molecular weight is 369 g/mol. The highest BCUT2D eigenvalue weighted by molar-refractivity contribution is 6.30. The average Bonchev–Trinajstić information content (AvgIpc) is 3.17. The summed E-state index contributed by atoms with van der Waals surface area (Å²) in [5, 5.41) is 14.4. The highest BCUT2D eigenvalue weighted by Crippen LogP contribution is 2.20. The summed E-state index contributed by atoms with van der Waals surface area (Å²) in [5.74, 6) is -0.267. The number of halogens is 1. The van der Waals surface area contributed by atoms with Gasteiger partial charge in [0.25, 0.3) is 0 Å². The minimum absolute atomic E-state index is 0.267. The summed E-state index contributed by atoms with van der Waals surface area (Å²) in [5.41, 5.74) is 8.46. The van der Waals surface area contributed by atoms with Gasteiger partial charge in [0.1, 0.15) is 6.33 Å². The predicted molar refractivity (Wildman–Crippen MR) is 99.5 cm³/mol. The smallest absolute Gasteiger partial charge is 0.241 e. The van der Waals surface area contributed by atoms with Crippen molar-refractivity contribution in [1.29, 1.82) is 0 Å². The van der Waals surface area contributed by atoms with Gasteiger partial charge in [0, 0.05) is 16.8 Å². The van der Waals surface area contributed by atoms with Gasteiger partial charge in [-0.2, -0.15) is 4.68 Å². The maximum absolute atomic E-state index is 12.2. The molecule has 1 aromatic heterocycles. The number of nitrogens with zero attached hydrogens (tertiary/aromatic N) is 4. The minimum Gasteiger partial charge on any atom is -0.331 e. The van der Waals surface area contributed by atoms with E-state index in [1.165, 1.54) is 17.2 Å². The molecule has 1 atom stereocenters. The molecule has 26 heavy (non-hydrogen) atoms. The van der Waals surface area contributed by atoms with Crippen molar-refractivity contribution < 1.29 is 4.79 Å². The number of hydrogen-bond acceptors (Lipinski definition) is 5. The number of nitrogens with two attached hydrogens (primary N) is 1. The lowest BCUT2D eigenvalue weighted by atomic mass is 10.1. The van der Waals surface area contributed by atoms with E-state index in [2.05, 4.69) is 20.8 Å². The Balaban J connectivity index is 1.67. The topological polar surface area (TPSA) is 98.7 Å². The Labute approximate surface area is 155 Å². The van der Waals surface area contributed by atoms with Gasteiger partial charge in [-0.1, -0.05) is 41.9 Å². The molecule has 3 aromatic rings. The number of carbonyl (C=O) groups excluding carboxylic acids is 1. The van der Waals surface area contributed by atoms with E-state index in [1.807, 2.05) is 30.3 Å². The summed E-state index contributed by atoms with van der Waals surface area (Å²) < 4.78 is 1.51. The van der Waals surface area contributed by atoms with E-state index >= 15 is 0 Å². The van der Waals surface area contributed by atoms with Crippen molar-refractivity contribution in [2.24, 2.45) is 5.73 Å². The van der Waals surface area contributed by atoms with Crippen LogP contribution < -0.4 is 11.1 Å². The molecule has 1 heterocycles. The lowest BCUT2D eigenvalue weighted by molar-refractivity contribution is -0.121. The van der Waals surface area contributed by atoms with Crippen LogP contribution in [0.5, 0.6) is 0 Å². The van der Waals surface area contributed by atoms with Gasteiger partial charge in [0.05, 0.1) is 11.7 Å². The molecule has 0 radical (unpaired) electrons. The fourth-order valence-corrected chi connectivity index (χ4v) is 2.60. The molecule has 0 saturated heterocycles. The quantitative estimate of drug-likeness (QED) is 0.693. The van der Waals surface area contributed by atoms with Gasteiger partial charge in [-0.3, -0.25) is 4.79 Å². The Kier molecular flexibility index (Phi) is 5.73. The first-order valence-electron chi connectivity index (χ1n) is 7.93. The normalized spacial score (nSPS) is 12.2. The Morgan fingerprint density at radius 2 is 2.08 bits per heavy atom. The standard InChI is InChI=1S/C18H17ClN6O/c19-15-6-7-17(25-12-22-23-24-25)14(11-15)8-9-21-18(26)16(20)10-13-4-2-1-3-5-13/h1-9,11-12,16H,10,20H2,(H,21,26)/t16-/m0/s1. The second kappa shape index (κ2) is 8.37. The Morgan fingerprint density at radius 1 is 1.27 bits per heavy atom. The van der Waals surface area contributed by atoms with E-state index in [-0.39, 0.29) is 5.91 Å². The molecule has 0 unspecified atom stereocenters. The lowest BCUT2D eigenvalue weighted by Gasteiger charge is -2.10. The molecule has 2 aromatic carbocycles. The monoisotopic (exact) mass is 368 g/mol. The van der Waals surface area contributed by atoms with Crippen molar-refractivity contribution in [2.75, 3.05) is 0 Å². The van der Waals surface area contributed by atoms with Crippen molar-refractivity contribution in [3.05, 3.63) is 77.2 Å². The summed E-state index contributed by atoms with van der Waals surface area (Å²) in [7, 11) is 0. The third-order valence-corrected chi connectivity index (χ3v) is 3.94. The highest BCUT2D eigenvalue weighted by Gasteiger charge is 2.12. The first-order chi connectivity index (χ1) is 12.6. The second-order valence-corrected chi connectivity index (χ2v) is 6.03. The first-order valence-corrected chi connectivity index (χ1v) is 8.30. The van der Waals surface area contributed by atoms with E-state index in [1.54, 1.807) is 24.3 Å². The zero-order chi connectivity index (χ0) is 18.4. The number of amides is 1. The molecule has 0 bridgehead atoms. The molecule has 3 N–H and O–H groups in total. The molecule has 0 saturated carbocycles. The zero-order valence-corrected chi connectivity index (χ0v) is 14.5. The zero-order valence-electron chi connectivity index (χ0n) is 13.8. The van der Waals surface area contributed by atoms with Crippen LogP contribution in [0.2, 0.25) is 5.02 Å². The van der Waals surface area contributed by atoms with Gasteiger partial charge in [-0.25, -0.2) is 0 Å². The van der Waals surface area contributed by atoms with Gasteiger partial charge in [-0.05, 0) is 46.7 Å². The fraction of sp³-hybridized carbons (Fsp3) is 0.111. The van der Waals surface area contributed by atoms with Gasteiger partial charge in [0.15, 0.2) is 0 Å². The van der Waals surface area contributed by atoms with Crippen LogP contribution in [0.4, 0.5) is 0 Å². The number of hydrogen-bond donors (Lipinski definition) is 2. The van der Waals surface area contributed by atoms with Crippen LogP contribution in [0.3, 0.4) is 0 Å². The largest absolute Gasteiger partial charge is 0.331 e. The molecule has 3 rings (SSSR count). The van der Waals surface area contributed by atoms with Crippen molar-refractivity contribution in [3.8, 4) is 5.69 Å². The van der Waals surface area contributed by atoms with E-state index < -0.39 is 6.04 Å². The summed E-state index contributed by atoms with van der Waals surface area (Å²) >= 11 is 6.06. The van der Waals surface area contributed by atoms with Crippen LogP contribution >= 0.6 is 11.6 Å². The third kappa shape index (κ3) is 4.53. The van der Waals surface area contributed by atoms with Crippen LogP contribution in [-0.2, 0) is 11.2 Å². The Bertz CT molecular complexity index is 895. The number of nitrogens with one attached hydrogen (secondary N) is 1. The predicted octanol–water partition coefficient (Wildman–Crippen LogP) is 1.97. The van der Waals surface area contributed by atoms with Crippen molar-refractivity contribution >= 4 is 23.6 Å². The molecule has 0 aliphatic heterocycles. The number of carbonyl (C=O) groups is 1. The van der Waals surface area contributed by atoms with Crippen molar-refractivity contribution in [3.63, 3.8) is 0 Å². The first kappa shape index (κ1) is 17.8. The summed E-state index contributed by atoms with van der Waals surface area (Å²) in [6, 6.07) is 14.3. The Hall–Kier alpha value is -3.03. The van der Waals surface area contributed by atoms with E-state index in [4.69, 9.17) is 17.3 Å². The highest BCUT2D eigenvalue weighted by atomic mass is 35.5. The number of tetrazole rings is 1. The van der Waals surface area contributed by atoms with Crippen LogP contribution in [0, 0.1) is 0 Å². The molecule has 1 amide bonds. The summed E-state index contributed by atoms with van der Waals surface area (Å²) in [4.78, 5) is 12.2. The van der Waals surface area contributed by atoms with Crippen LogP contribution in [0.1, 0.15) is 11.1 Å². The molecule has 0 aliphatic rings. The SMILES string of the molecule is N[C@@H](Cc1ccccc1)C(=O)NC=Cc1cc(Cl)ccc1-n1cnnn1. The Morgan fingerprint density at radius 3 is 2.81 bits per heavy atom. The van der Waals surface area contributed by atoms with Gasteiger partial charge in [-0.15, -0.1) is 5.10 Å². The van der Waals surface area contributed by atoms with E-state index in [9.17, 15) is 4.79 Å². The number of benzene rings is 2. The molecule has 132 valence electrons. The van der Waals surface area contributed by atoms with E-state index in [0.717, 1.165) is 16.8 Å². The van der Waals surface area contributed by atoms with Crippen LogP contribution in [-0.4, -0.2) is 32.2 Å². The number of aromatic nitrogens is 4. The molecular weight excluding hydrogens is 352 g/mol. The third-order valence-electron chi connectivity index (χ3n) is 3.71. The fourth-order valence-electron chi connectivity index (χ4n) is 2.42. The lowest BCUT2D eigenvalue weighted by Crippen LogP contribution is -2.39. The second-order valence-electron chi connectivity index (χ2n) is 5.60. The van der Waals surface area contributed by atoms with Crippen LogP contribution in [0.15, 0.2) is 61.1 Å². The maximum Gasteiger partial charge on any atom is 0.241 e. The van der Waals surface area contributed by atoms with Gasteiger partial charge >= 0.3 is 0 Å². The molecule has 0 fully saturated rings. The molecule has 0 spiro atoms. The van der Waals surface area contributed by atoms with Gasteiger partial charge in [0.2, 0.25) is 5.91 Å². The van der Waals surface area contributed by atoms with Crippen molar-refractivity contribution in [2.45, 2.75) is 12.5 Å². The molecule has 7 nitrogen and oxygen atoms in total. The molecule has 0 aliphatic carbocycles. The van der Waals surface area contributed by atoms with Crippen LogP contribution in [0.25, 0.3) is 11.8 Å². The summed E-state index contributed by atoms with van der Waals surface area (Å²) in [6.07, 6.45) is 5.20. The minimum atomic E-state index is -0.639. The van der Waals surface area contributed by atoms with Gasteiger partial charge < -0.3 is 11.1 Å². The molecular formula is C18H17ClN6O. The van der Waals surface area contributed by atoms with E-state index in [0.29, 0.717) is 11.4 Å². The summed E-state index contributed by atoms with van der Waals surface area (Å²) in [6.45, 7) is 0. The number of rotatable bonds is 6. The molecule has 8 heteroatoms. The van der Waals surface area contributed by atoms with Crippen molar-refractivity contribution in [1.82, 2.24) is 25.5 Å². The maximum atomic E-state index is 12.2.